The molecule has 0 unspecified atom stereocenters. The molecule has 1 heterocycles. The molecule has 0 saturated carbocycles. The third-order valence-electron chi connectivity index (χ3n) is 2.67. The van der Waals surface area contributed by atoms with Crippen LogP contribution < -0.4 is 16.0 Å². The van der Waals surface area contributed by atoms with E-state index in [-0.39, 0.29) is 17.3 Å². The van der Waals surface area contributed by atoms with Crippen molar-refractivity contribution in [1.82, 2.24) is 4.98 Å². The molecule has 2 rings (SSSR count). The minimum absolute atomic E-state index is 0.0876. The topological polar surface area (TPSA) is 103 Å². The van der Waals surface area contributed by atoms with Crippen LogP contribution in [0.4, 0.5) is 11.5 Å². The summed E-state index contributed by atoms with van der Waals surface area (Å²) in [6.07, 6.45) is 0. The van der Waals surface area contributed by atoms with E-state index >= 15 is 0 Å². The van der Waals surface area contributed by atoms with Crippen molar-refractivity contribution >= 4 is 11.5 Å². The molecule has 3 N–H and O–H groups in total. The molecule has 104 valence electrons. The van der Waals surface area contributed by atoms with E-state index in [2.05, 4.69) is 10.4 Å². The lowest BCUT2D eigenvalue weighted by Gasteiger charge is -2.10. The van der Waals surface area contributed by atoms with E-state index in [1.54, 1.807) is 32.0 Å². The summed E-state index contributed by atoms with van der Waals surface area (Å²) in [5, 5.41) is 11.1. The Morgan fingerprint density at radius 2 is 2.10 bits per heavy atom. The maximum atomic E-state index is 11.1. The lowest BCUT2D eigenvalue weighted by Crippen LogP contribution is -2.08. The normalized spacial score (nSPS) is 10.2. The van der Waals surface area contributed by atoms with Crippen molar-refractivity contribution in [3.8, 4) is 11.6 Å². The second-order valence-corrected chi connectivity index (χ2v) is 4.29. The Bertz CT molecular complexity index is 658. The molecule has 0 aliphatic carbocycles. The van der Waals surface area contributed by atoms with Gasteiger partial charge in [-0.25, -0.2) is 5.84 Å². The highest BCUT2D eigenvalue weighted by Crippen LogP contribution is 2.35. The average molecular weight is 274 g/mol. The Kier molecular flexibility index (Phi) is 3.81. The standard InChI is InChI=1S/C13H14N4O3/c1-8-6-9(2)13(10(7-8)17(18)19)20-12-5-3-4-11(15-12)16-14/h3-7H,14H2,1-2H3,(H,15,16). The van der Waals surface area contributed by atoms with Gasteiger partial charge >= 0.3 is 5.69 Å². The fourth-order valence-corrected chi connectivity index (χ4v) is 1.86. The number of nitrogen functional groups attached to an aromatic ring is 1. The van der Waals surface area contributed by atoms with Crippen LogP contribution in [-0.2, 0) is 0 Å². The van der Waals surface area contributed by atoms with Crippen LogP contribution in [0.5, 0.6) is 11.6 Å². The predicted octanol–water partition coefficient (Wildman–Crippen LogP) is 2.68. The van der Waals surface area contributed by atoms with Crippen molar-refractivity contribution < 1.29 is 9.66 Å². The Labute approximate surface area is 115 Å². The zero-order chi connectivity index (χ0) is 14.7. The fraction of sp³-hybridized carbons (Fsp3) is 0.154. The highest BCUT2D eigenvalue weighted by Gasteiger charge is 2.19. The predicted molar refractivity (Wildman–Crippen MR) is 74.7 cm³/mol. The van der Waals surface area contributed by atoms with Crippen LogP contribution in [0.2, 0.25) is 0 Å². The largest absolute Gasteiger partial charge is 0.431 e. The SMILES string of the molecule is Cc1cc(C)c(Oc2cccc(NN)n2)c([N+](=O)[O-])c1. The van der Waals surface area contributed by atoms with Crippen molar-refractivity contribution in [3.05, 3.63) is 51.6 Å². The first-order chi connectivity index (χ1) is 9.51. The first kappa shape index (κ1) is 13.8. The molecule has 0 aliphatic rings. The van der Waals surface area contributed by atoms with Gasteiger partial charge < -0.3 is 10.2 Å². The van der Waals surface area contributed by atoms with Crippen LogP contribution in [0.3, 0.4) is 0 Å². The Balaban J connectivity index is 2.44. The summed E-state index contributed by atoms with van der Waals surface area (Å²) in [5.41, 5.74) is 3.77. The van der Waals surface area contributed by atoms with Gasteiger partial charge in [0.05, 0.1) is 4.92 Å². The smallest absolute Gasteiger partial charge is 0.312 e. The number of aromatic nitrogens is 1. The van der Waals surface area contributed by atoms with Crippen LogP contribution >= 0.6 is 0 Å². The number of nitrogens with one attached hydrogen (secondary N) is 1. The minimum Gasteiger partial charge on any atom is -0.431 e. The number of anilines is 1. The van der Waals surface area contributed by atoms with Crippen LogP contribution in [0.25, 0.3) is 0 Å². The van der Waals surface area contributed by atoms with Gasteiger partial charge in [-0.15, -0.1) is 0 Å². The average Bonchev–Trinajstić information content (AvgIpc) is 2.41. The number of pyridine rings is 1. The number of hydrogen-bond acceptors (Lipinski definition) is 6. The van der Waals surface area contributed by atoms with Crippen molar-refractivity contribution in [3.63, 3.8) is 0 Å². The van der Waals surface area contributed by atoms with Crippen molar-refractivity contribution in [1.29, 1.82) is 0 Å². The molecule has 2 aromatic rings. The van der Waals surface area contributed by atoms with Gasteiger partial charge in [0.15, 0.2) is 0 Å². The van der Waals surface area contributed by atoms with Crippen LogP contribution in [0.1, 0.15) is 11.1 Å². The second-order valence-electron chi connectivity index (χ2n) is 4.29. The maximum Gasteiger partial charge on any atom is 0.312 e. The van der Waals surface area contributed by atoms with Gasteiger partial charge in [-0.3, -0.25) is 10.1 Å². The number of nitrogens with two attached hydrogens (primary N) is 1. The molecule has 0 atom stereocenters. The fourth-order valence-electron chi connectivity index (χ4n) is 1.86. The first-order valence-electron chi connectivity index (χ1n) is 5.88. The molecule has 0 aliphatic heterocycles. The van der Waals surface area contributed by atoms with Crippen molar-refractivity contribution in [2.24, 2.45) is 5.84 Å². The van der Waals surface area contributed by atoms with Crippen molar-refractivity contribution in [2.45, 2.75) is 13.8 Å². The van der Waals surface area contributed by atoms with Gasteiger partial charge in [-0.1, -0.05) is 12.1 Å². The highest BCUT2D eigenvalue weighted by molar-refractivity contribution is 5.55. The summed E-state index contributed by atoms with van der Waals surface area (Å²) < 4.78 is 5.55. The van der Waals surface area contributed by atoms with E-state index in [9.17, 15) is 10.1 Å². The second kappa shape index (κ2) is 5.54. The number of hydrazine groups is 1. The lowest BCUT2D eigenvalue weighted by atomic mass is 10.1. The third kappa shape index (κ3) is 2.83. The monoisotopic (exact) mass is 274 g/mol. The summed E-state index contributed by atoms with van der Waals surface area (Å²) in [5.74, 6) is 6.09. The molecular weight excluding hydrogens is 260 g/mol. The summed E-state index contributed by atoms with van der Waals surface area (Å²) in [4.78, 5) is 14.7. The number of benzene rings is 1. The van der Waals surface area contributed by atoms with Crippen LogP contribution in [0, 0.1) is 24.0 Å². The summed E-state index contributed by atoms with van der Waals surface area (Å²) in [6.45, 7) is 3.54. The number of aryl methyl sites for hydroxylation is 2. The van der Waals surface area contributed by atoms with Gasteiger partial charge in [0, 0.05) is 12.1 Å². The zero-order valence-corrected chi connectivity index (χ0v) is 11.1. The van der Waals surface area contributed by atoms with Crippen LogP contribution in [0.15, 0.2) is 30.3 Å². The molecule has 0 saturated heterocycles. The minimum atomic E-state index is -0.472. The molecule has 0 fully saturated rings. The summed E-state index contributed by atoms with van der Waals surface area (Å²) in [7, 11) is 0. The Morgan fingerprint density at radius 1 is 1.35 bits per heavy atom. The number of nitro groups is 1. The molecule has 0 bridgehead atoms. The van der Waals surface area contributed by atoms with Gasteiger partial charge in [0.25, 0.3) is 0 Å². The van der Waals surface area contributed by atoms with Gasteiger partial charge in [0.1, 0.15) is 5.82 Å². The van der Waals surface area contributed by atoms with E-state index in [1.165, 1.54) is 6.07 Å². The maximum absolute atomic E-state index is 11.1. The van der Waals surface area contributed by atoms with E-state index < -0.39 is 4.92 Å². The molecule has 1 aromatic heterocycles. The van der Waals surface area contributed by atoms with Gasteiger partial charge in [0.2, 0.25) is 11.6 Å². The lowest BCUT2D eigenvalue weighted by molar-refractivity contribution is -0.385. The van der Waals surface area contributed by atoms with E-state index in [0.29, 0.717) is 11.4 Å². The molecule has 0 radical (unpaired) electrons. The Hall–Kier alpha value is -2.67. The number of nitrogens with zero attached hydrogens (tertiary/aromatic N) is 2. The van der Waals surface area contributed by atoms with E-state index in [1.807, 2.05) is 6.07 Å². The molecule has 0 amide bonds. The quantitative estimate of drug-likeness (QED) is 0.504. The van der Waals surface area contributed by atoms with E-state index in [4.69, 9.17) is 10.6 Å². The Morgan fingerprint density at radius 3 is 2.75 bits per heavy atom. The number of nitro benzene ring substituents is 1. The molecule has 20 heavy (non-hydrogen) atoms. The van der Waals surface area contributed by atoms with Crippen molar-refractivity contribution in [2.75, 3.05) is 5.43 Å². The number of ether oxygens (including phenoxy) is 1. The molecular formula is C13H14N4O3. The molecule has 7 nitrogen and oxygen atoms in total. The first-order valence-corrected chi connectivity index (χ1v) is 5.88. The van der Waals surface area contributed by atoms with Crippen LogP contribution in [-0.4, -0.2) is 9.91 Å². The molecule has 1 aromatic carbocycles. The summed E-state index contributed by atoms with van der Waals surface area (Å²) in [6, 6.07) is 8.22. The molecule has 0 spiro atoms. The highest BCUT2D eigenvalue weighted by atomic mass is 16.6. The zero-order valence-electron chi connectivity index (χ0n) is 11.1. The summed E-state index contributed by atoms with van der Waals surface area (Å²) >= 11 is 0. The van der Waals surface area contributed by atoms with Gasteiger partial charge in [-0.05, 0) is 31.0 Å². The molecule has 7 heteroatoms. The van der Waals surface area contributed by atoms with Gasteiger partial charge in [-0.2, -0.15) is 4.98 Å². The van der Waals surface area contributed by atoms with E-state index in [0.717, 1.165) is 5.56 Å². The third-order valence-corrected chi connectivity index (χ3v) is 2.67. The number of hydrogen-bond donors (Lipinski definition) is 2. The number of rotatable bonds is 4.